The molecule has 0 aliphatic heterocycles. The van der Waals surface area contributed by atoms with E-state index in [0.717, 1.165) is 5.39 Å². The van der Waals surface area contributed by atoms with Gasteiger partial charge in [-0.15, -0.1) is 0 Å². The minimum absolute atomic E-state index is 0.167. The van der Waals surface area contributed by atoms with Crippen LogP contribution in [0.5, 0.6) is 5.75 Å². The summed E-state index contributed by atoms with van der Waals surface area (Å²) >= 11 is 6.12. The number of carbonyl (C=O) groups is 1. The fourth-order valence-electron chi connectivity index (χ4n) is 2.39. The Morgan fingerprint density at radius 1 is 1.09 bits per heavy atom. The van der Waals surface area contributed by atoms with Crippen molar-refractivity contribution in [1.29, 1.82) is 0 Å². The molecule has 0 saturated carbocycles. The fraction of sp³-hybridized carbons (Fsp3) is 0. The quantitative estimate of drug-likeness (QED) is 0.511. The van der Waals surface area contributed by atoms with E-state index in [2.05, 4.69) is 4.74 Å². The summed E-state index contributed by atoms with van der Waals surface area (Å²) < 4.78 is 18.8. The van der Waals surface area contributed by atoms with E-state index in [1.807, 2.05) is 6.07 Å². The number of ether oxygens (including phenoxy) is 1. The van der Waals surface area contributed by atoms with Crippen molar-refractivity contribution in [3.8, 4) is 16.9 Å². The van der Waals surface area contributed by atoms with E-state index >= 15 is 0 Å². The van der Waals surface area contributed by atoms with Gasteiger partial charge in [-0.25, -0.2) is 9.18 Å². The van der Waals surface area contributed by atoms with Crippen LogP contribution in [0.3, 0.4) is 0 Å². The van der Waals surface area contributed by atoms with Crippen LogP contribution in [-0.4, -0.2) is 11.3 Å². The average molecular weight is 317 g/mol. The summed E-state index contributed by atoms with van der Waals surface area (Å²) in [5.74, 6) is -0.274. The van der Waals surface area contributed by atoms with Gasteiger partial charge >= 0.3 is 6.16 Å². The number of fused-ring (bicyclic) bond motifs is 1. The lowest BCUT2D eigenvalue weighted by Gasteiger charge is -2.11. The molecule has 5 heteroatoms. The van der Waals surface area contributed by atoms with Crippen LogP contribution in [-0.2, 0) is 0 Å². The first kappa shape index (κ1) is 14.4. The standard InChI is InChI=1S/C17H10ClFO3/c18-14-5-2-6-15(19)16(14)12-4-1-3-10-7-8-11(9-13(10)12)22-17(20)21/h1-9H,(H,20,21). The Balaban J connectivity index is 2.27. The SMILES string of the molecule is O=C(O)Oc1ccc2cccc(-c3c(F)cccc3Cl)c2c1. The van der Waals surface area contributed by atoms with Gasteiger partial charge in [0.25, 0.3) is 0 Å². The molecule has 3 aromatic rings. The van der Waals surface area contributed by atoms with Gasteiger partial charge in [-0.1, -0.05) is 41.9 Å². The van der Waals surface area contributed by atoms with Crippen LogP contribution in [0.4, 0.5) is 9.18 Å². The van der Waals surface area contributed by atoms with Crippen LogP contribution in [0.1, 0.15) is 0 Å². The number of carboxylic acid groups (broad SMARTS) is 1. The third-order valence-corrected chi connectivity index (χ3v) is 3.61. The van der Waals surface area contributed by atoms with Crippen LogP contribution in [0.25, 0.3) is 21.9 Å². The minimum Gasteiger partial charge on any atom is -0.449 e. The minimum atomic E-state index is -1.40. The first-order valence-corrected chi connectivity index (χ1v) is 6.82. The van der Waals surface area contributed by atoms with Crippen LogP contribution < -0.4 is 4.74 Å². The van der Waals surface area contributed by atoms with Crippen molar-refractivity contribution in [2.75, 3.05) is 0 Å². The zero-order valence-corrected chi connectivity index (χ0v) is 12.0. The van der Waals surface area contributed by atoms with Crippen molar-refractivity contribution >= 4 is 28.5 Å². The second-order valence-corrected chi connectivity index (χ2v) is 5.06. The van der Waals surface area contributed by atoms with E-state index < -0.39 is 12.0 Å². The molecule has 22 heavy (non-hydrogen) atoms. The van der Waals surface area contributed by atoms with Gasteiger partial charge in [0.05, 0.1) is 5.02 Å². The van der Waals surface area contributed by atoms with Crippen molar-refractivity contribution in [2.45, 2.75) is 0 Å². The molecule has 0 fully saturated rings. The maximum Gasteiger partial charge on any atom is 0.511 e. The summed E-state index contributed by atoms with van der Waals surface area (Å²) in [4.78, 5) is 10.7. The highest BCUT2D eigenvalue weighted by Gasteiger charge is 2.13. The summed E-state index contributed by atoms with van der Waals surface area (Å²) in [7, 11) is 0. The lowest BCUT2D eigenvalue weighted by molar-refractivity contribution is 0.144. The number of rotatable bonds is 2. The molecular weight excluding hydrogens is 307 g/mol. The Morgan fingerprint density at radius 3 is 2.59 bits per heavy atom. The summed E-state index contributed by atoms with van der Waals surface area (Å²) in [5, 5.41) is 10.5. The third-order valence-electron chi connectivity index (χ3n) is 3.29. The molecule has 0 amide bonds. The average Bonchev–Trinajstić information content (AvgIpc) is 2.47. The van der Waals surface area contributed by atoms with Crippen LogP contribution in [0, 0.1) is 5.82 Å². The van der Waals surface area contributed by atoms with Crippen molar-refractivity contribution in [1.82, 2.24) is 0 Å². The second-order valence-electron chi connectivity index (χ2n) is 4.65. The summed E-state index contributed by atoms with van der Waals surface area (Å²) in [6.45, 7) is 0. The van der Waals surface area contributed by atoms with Crippen molar-refractivity contribution < 1.29 is 19.0 Å². The molecule has 0 aliphatic carbocycles. The monoisotopic (exact) mass is 316 g/mol. The molecule has 3 aromatic carbocycles. The predicted octanol–water partition coefficient (Wildman–Crippen LogP) is 5.36. The molecular formula is C17H10ClFO3. The van der Waals surface area contributed by atoms with Crippen molar-refractivity contribution in [3.05, 3.63) is 65.4 Å². The zero-order chi connectivity index (χ0) is 15.7. The third kappa shape index (κ3) is 2.61. The molecule has 0 atom stereocenters. The normalized spacial score (nSPS) is 10.6. The van der Waals surface area contributed by atoms with Gasteiger partial charge in [-0.05, 0) is 40.6 Å². The predicted molar refractivity (Wildman–Crippen MR) is 83.0 cm³/mol. The van der Waals surface area contributed by atoms with E-state index in [-0.39, 0.29) is 16.3 Å². The van der Waals surface area contributed by atoms with Gasteiger partial charge in [0, 0.05) is 5.56 Å². The Kier molecular flexibility index (Phi) is 3.69. The molecule has 0 unspecified atom stereocenters. The smallest absolute Gasteiger partial charge is 0.449 e. The first-order valence-electron chi connectivity index (χ1n) is 6.44. The molecule has 3 rings (SSSR count). The van der Waals surface area contributed by atoms with E-state index in [1.54, 1.807) is 36.4 Å². The van der Waals surface area contributed by atoms with E-state index in [9.17, 15) is 9.18 Å². The van der Waals surface area contributed by atoms with Crippen LogP contribution in [0.15, 0.2) is 54.6 Å². The molecule has 0 radical (unpaired) electrons. The van der Waals surface area contributed by atoms with E-state index in [0.29, 0.717) is 10.9 Å². The lowest BCUT2D eigenvalue weighted by atomic mass is 9.97. The molecule has 0 aliphatic rings. The second kappa shape index (κ2) is 5.66. The maximum atomic E-state index is 14.2. The molecule has 0 saturated heterocycles. The topological polar surface area (TPSA) is 46.5 Å². The van der Waals surface area contributed by atoms with Gasteiger partial charge in [0.15, 0.2) is 0 Å². The summed E-state index contributed by atoms with van der Waals surface area (Å²) in [5.41, 5.74) is 0.860. The highest BCUT2D eigenvalue weighted by atomic mass is 35.5. The molecule has 1 N–H and O–H groups in total. The number of halogens is 2. The molecule has 0 heterocycles. The largest absolute Gasteiger partial charge is 0.511 e. The Hall–Kier alpha value is -2.59. The summed E-state index contributed by atoms with van der Waals surface area (Å²) in [6, 6.07) is 14.7. The van der Waals surface area contributed by atoms with Crippen molar-refractivity contribution in [2.24, 2.45) is 0 Å². The summed E-state index contributed by atoms with van der Waals surface area (Å²) in [6.07, 6.45) is -1.40. The van der Waals surface area contributed by atoms with Crippen LogP contribution in [0.2, 0.25) is 5.02 Å². The zero-order valence-electron chi connectivity index (χ0n) is 11.2. The highest BCUT2D eigenvalue weighted by Crippen LogP contribution is 2.36. The van der Waals surface area contributed by atoms with E-state index in [1.165, 1.54) is 12.1 Å². The molecule has 0 spiro atoms. The molecule has 110 valence electrons. The van der Waals surface area contributed by atoms with Gasteiger partial charge in [0.1, 0.15) is 11.6 Å². The Labute approximate surface area is 130 Å². The molecule has 0 bridgehead atoms. The maximum absolute atomic E-state index is 14.2. The lowest BCUT2D eigenvalue weighted by Crippen LogP contribution is -2.02. The Morgan fingerprint density at radius 2 is 1.86 bits per heavy atom. The molecule has 3 nitrogen and oxygen atoms in total. The van der Waals surface area contributed by atoms with Crippen molar-refractivity contribution in [3.63, 3.8) is 0 Å². The van der Waals surface area contributed by atoms with Gasteiger partial charge < -0.3 is 9.84 Å². The van der Waals surface area contributed by atoms with Gasteiger partial charge in [0.2, 0.25) is 0 Å². The van der Waals surface area contributed by atoms with Crippen LogP contribution >= 0.6 is 11.6 Å². The fourth-order valence-corrected chi connectivity index (χ4v) is 2.65. The Bertz CT molecular complexity index is 857. The number of hydrogen-bond acceptors (Lipinski definition) is 2. The molecule has 0 aromatic heterocycles. The first-order chi connectivity index (χ1) is 10.6. The van der Waals surface area contributed by atoms with E-state index in [4.69, 9.17) is 16.7 Å². The van der Waals surface area contributed by atoms with Gasteiger partial charge in [-0.2, -0.15) is 0 Å². The number of hydrogen-bond donors (Lipinski definition) is 1. The van der Waals surface area contributed by atoms with Gasteiger partial charge in [-0.3, -0.25) is 0 Å². The highest BCUT2D eigenvalue weighted by molar-refractivity contribution is 6.33. The number of benzene rings is 3.